The van der Waals surface area contributed by atoms with E-state index in [4.69, 9.17) is 10.5 Å². The Morgan fingerprint density at radius 2 is 2.04 bits per heavy atom. The van der Waals surface area contributed by atoms with Crippen molar-refractivity contribution < 1.29 is 13.9 Å². The maximum atomic E-state index is 13.3. The molecule has 2 rings (SSSR count). The lowest BCUT2D eigenvalue weighted by Gasteiger charge is -2.34. The van der Waals surface area contributed by atoms with Crippen LogP contribution in [0.3, 0.4) is 0 Å². The van der Waals surface area contributed by atoms with Crippen LogP contribution in [0.2, 0.25) is 0 Å². The van der Waals surface area contributed by atoms with E-state index < -0.39 is 5.60 Å². The van der Waals surface area contributed by atoms with E-state index in [-0.39, 0.29) is 18.0 Å². The topological polar surface area (TPSA) is 55.6 Å². The second-order valence-electron chi connectivity index (χ2n) is 7.31. The fourth-order valence-corrected chi connectivity index (χ4v) is 2.91. The van der Waals surface area contributed by atoms with E-state index in [0.717, 1.165) is 24.8 Å². The van der Waals surface area contributed by atoms with Crippen LogP contribution in [-0.2, 0) is 4.74 Å². The number of amides is 1. The highest BCUT2D eigenvalue weighted by Crippen LogP contribution is 2.28. The van der Waals surface area contributed by atoms with E-state index in [0.29, 0.717) is 19.0 Å². The minimum atomic E-state index is -0.465. The predicted octanol–water partition coefficient (Wildman–Crippen LogP) is 3.86. The molecule has 5 heteroatoms. The Kier molecular flexibility index (Phi) is 5.63. The number of rotatable bonds is 3. The summed E-state index contributed by atoms with van der Waals surface area (Å²) < 4.78 is 18.7. The number of ether oxygens (including phenoxy) is 1. The van der Waals surface area contributed by atoms with Gasteiger partial charge in [0, 0.05) is 19.1 Å². The Labute approximate surface area is 137 Å². The van der Waals surface area contributed by atoms with Crippen molar-refractivity contribution in [3.63, 3.8) is 0 Å². The number of piperidine rings is 1. The maximum Gasteiger partial charge on any atom is 0.410 e. The number of benzene rings is 1. The van der Waals surface area contributed by atoms with Crippen molar-refractivity contribution in [3.8, 4) is 0 Å². The second kappa shape index (κ2) is 7.30. The summed E-state index contributed by atoms with van der Waals surface area (Å²) in [6, 6.07) is 6.32. The van der Waals surface area contributed by atoms with Crippen LogP contribution in [0.1, 0.15) is 51.6 Å². The Morgan fingerprint density at radius 1 is 1.39 bits per heavy atom. The Hall–Kier alpha value is -1.62. The smallest absolute Gasteiger partial charge is 0.410 e. The zero-order valence-electron chi connectivity index (χ0n) is 14.2. The number of nitrogens with two attached hydrogens (primary N) is 1. The lowest BCUT2D eigenvalue weighted by molar-refractivity contribution is 0.0179. The molecule has 0 aromatic heterocycles. The number of halogens is 1. The molecular formula is C18H27FN2O2. The molecule has 1 fully saturated rings. The van der Waals surface area contributed by atoms with Crippen molar-refractivity contribution in [2.45, 2.75) is 51.7 Å². The first-order valence-electron chi connectivity index (χ1n) is 8.23. The van der Waals surface area contributed by atoms with Crippen LogP contribution in [0.5, 0.6) is 0 Å². The third-order valence-corrected chi connectivity index (χ3v) is 4.13. The van der Waals surface area contributed by atoms with Crippen molar-refractivity contribution in [1.29, 1.82) is 0 Å². The minimum absolute atomic E-state index is 0.163. The van der Waals surface area contributed by atoms with Gasteiger partial charge >= 0.3 is 6.09 Å². The van der Waals surface area contributed by atoms with E-state index in [9.17, 15) is 9.18 Å². The molecule has 23 heavy (non-hydrogen) atoms. The fourth-order valence-electron chi connectivity index (χ4n) is 2.91. The predicted molar refractivity (Wildman–Crippen MR) is 88.5 cm³/mol. The normalized spacial score (nSPS) is 17.9. The number of nitrogens with zero attached hydrogens (tertiary/aromatic N) is 1. The first-order chi connectivity index (χ1) is 10.7. The first kappa shape index (κ1) is 17.7. The summed E-state index contributed by atoms with van der Waals surface area (Å²) in [4.78, 5) is 13.8. The molecule has 1 atom stereocenters. The van der Waals surface area contributed by atoms with Crippen molar-refractivity contribution in [2.75, 3.05) is 13.1 Å². The molecule has 1 amide bonds. The largest absolute Gasteiger partial charge is 0.444 e. The van der Waals surface area contributed by atoms with E-state index in [1.165, 1.54) is 12.1 Å². The molecular weight excluding hydrogens is 295 g/mol. The quantitative estimate of drug-likeness (QED) is 0.919. The summed E-state index contributed by atoms with van der Waals surface area (Å²) in [6.45, 7) is 6.99. The van der Waals surface area contributed by atoms with Crippen LogP contribution in [0.15, 0.2) is 24.3 Å². The zero-order valence-corrected chi connectivity index (χ0v) is 14.2. The molecule has 0 radical (unpaired) electrons. The molecule has 1 aromatic rings. The zero-order chi connectivity index (χ0) is 17.0. The van der Waals surface area contributed by atoms with Gasteiger partial charge in [-0.2, -0.15) is 0 Å². The molecule has 0 aliphatic carbocycles. The number of hydrogen-bond donors (Lipinski definition) is 1. The Bertz CT molecular complexity index is 534. The van der Waals surface area contributed by atoms with Gasteiger partial charge in [0.05, 0.1) is 0 Å². The molecule has 4 nitrogen and oxygen atoms in total. The summed E-state index contributed by atoms with van der Waals surface area (Å²) in [5, 5.41) is 0. The van der Waals surface area contributed by atoms with Gasteiger partial charge in [0.2, 0.25) is 0 Å². The van der Waals surface area contributed by atoms with Crippen molar-refractivity contribution in [3.05, 3.63) is 35.6 Å². The summed E-state index contributed by atoms with van der Waals surface area (Å²) in [6.07, 6.45) is 2.38. The average molecular weight is 322 g/mol. The molecule has 1 aromatic carbocycles. The molecule has 1 aliphatic heterocycles. The number of carbonyl (C=O) groups is 1. The van der Waals surface area contributed by atoms with E-state index in [2.05, 4.69) is 0 Å². The first-order valence-corrected chi connectivity index (χ1v) is 8.23. The second-order valence-corrected chi connectivity index (χ2v) is 7.31. The highest BCUT2D eigenvalue weighted by molar-refractivity contribution is 5.68. The Morgan fingerprint density at radius 3 is 2.61 bits per heavy atom. The van der Waals surface area contributed by atoms with Crippen molar-refractivity contribution in [1.82, 2.24) is 4.90 Å². The summed E-state index contributed by atoms with van der Waals surface area (Å²) in [5.74, 6) is 0.199. The van der Waals surface area contributed by atoms with Gasteiger partial charge in [-0.05, 0) is 63.6 Å². The molecule has 0 spiro atoms. The van der Waals surface area contributed by atoms with Gasteiger partial charge in [-0.25, -0.2) is 9.18 Å². The monoisotopic (exact) mass is 322 g/mol. The molecule has 0 unspecified atom stereocenters. The lowest BCUT2D eigenvalue weighted by Crippen LogP contribution is -2.42. The number of likely N-dealkylation sites (tertiary alicyclic amines) is 1. The van der Waals surface area contributed by atoms with E-state index >= 15 is 0 Å². The standard InChI is InChI=1S/C18H27FN2O2/c1-18(2,3)23-17(22)21-9-7-13(8-10-21)11-16(20)14-5-4-6-15(19)12-14/h4-6,12-13,16H,7-11,20H2,1-3H3/t16-/m1/s1. The lowest BCUT2D eigenvalue weighted by atomic mass is 9.88. The van der Waals surface area contributed by atoms with Crippen LogP contribution in [0, 0.1) is 11.7 Å². The third-order valence-electron chi connectivity index (χ3n) is 4.13. The third kappa shape index (κ3) is 5.50. The fraction of sp³-hybridized carbons (Fsp3) is 0.611. The molecule has 0 saturated carbocycles. The maximum absolute atomic E-state index is 13.3. The minimum Gasteiger partial charge on any atom is -0.444 e. The highest BCUT2D eigenvalue weighted by atomic mass is 19.1. The Balaban J connectivity index is 1.81. The van der Waals surface area contributed by atoms with Crippen molar-refractivity contribution in [2.24, 2.45) is 11.7 Å². The van der Waals surface area contributed by atoms with Gasteiger partial charge in [0.25, 0.3) is 0 Å². The van der Waals surface area contributed by atoms with Crippen LogP contribution >= 0.6 is 0 Å². The number of hydrogen-bond acceptors (Lipinski definition) is 3. The molecule has 1 aliphatic rings. The molecule has 0 bridgehead atoms. The number of carbonyl (C=O) groups excluding carboxylic acids is 1. The summed E-state index contributed by atoms with van der Waals surface area (Å²) in [5.41, 5.74) is 6.57. The average Bonchev–Trinajstić information content (AvgIpc) is 2.46. The molecule has 128 valence electrons. The van der Waals surface area contributed by atoms with Crippen molar-refractivity contribution >= 4 is 6.09 Å². The van der Waals surface area contributed by atoms with Crippen LogP contribution in [0.25, 0.3) is 0 Å². The SMILES string of the molecule is CC(C)(C)OC(=O)N1CCC(C[C@@H](N)c2cccc(F)c2)CC1. The summed E-state index contributed by atoms with van der Waals surface area (Å²) in [7, 11) is 0. The molecule has 1 saturated heterocycles. The highest BCUT2D eigenvalue weighted by Gasteiger charge is 2.27. The van der Waals surface area contributed by atoms with Gasteiger partial charge < -0.3 is 15.4 Å². The van der Waals surface area contributed by atoms with Crippen LogP contribution < -0.4 is 5.73 Å². The van der Waals surface area contributed by atoms with Crippen LogP contribution in [0.4, 0.5) is 9.18 Å². The molecule has 2 N–H and O–H groups in total. The van der Waals surface area contributed by atoms with Gasteiger partial charge in [-0.15, -0.1) is 0 Å². The van der Waals surface area contributed by atoms with E-state index in [1.54, 1.807) is 11.0 Å². The van der Waals surface area contributed by atoms with E-state index in [1.807, 2.05) is 26.8 Å². The summed E-state index contributed by atoms with van der Waals surface area (Å²) >= 11 is 0. The van der Waals surface area contributed by atoms with Crippen LogP contribution in [-0.4, -0.2) is 29.7 Å². The molecule has 1 heterocycles. The van der Waals surface area contributed by atoms with Gasteiger partial charge in [0.1, 0.15) is 11.4 Å². The van der Waals surface area contributed by atoms with Gasteiger partial charge in [-0.1, -0.05) is 12.1 Å². The van der Waals surface area contributed by atoms with Gasteiger partial charge in [-0.3, -0.25) is 0 Å². The van der Waals surface area contributed by atoms with Gasteiger partial charge in [0.15, 0.2) is 0 Å².